The topological polar surface area (TPSA) is 47.8 Å². The third-order valence-electron chi connectivity index (χ3n) is 3.84. The summed E-state index contributed by atoms with van der Waals surface area (Å²) in [6.07, 6.45) is -1.83. The molecule has 0 fully saturated rings. The lowest BCUT2D eigenvalue weighted by Gasteiger charge is -2.09. The minimum absolute atomic E-state index is 0.217. The van der Waals surface area contributed by atoms with Gasteiger partial charge in [0.05, 0.1) is 10.1 Å². The normalized spacial score (nSPS) is 11.8. The van der Waals surface area contributed by atoms with E-state index in [2.05, 4.69) is 9.97 Å². The number of rotatable bonds is 2. The molecule has 0 saturated heterocycles. The van der Waals surface area contributed by atoms with Crippen LogP contribution in [-0.4, -0.2) is 13.9 Å². The fraction of sp³-hybridized carbons (Fsp3) is 0.0556. The van der Waals surface area contributed by atoms with E-state index in [1.807, 2.05) is 12.1 Å². The van der Waals surface area contributed by atoms with E-state index in [9.17, 15) is 18.0 Å². The first-order valence-electron chi connectivity index (χ1n) is 7.55. The summed E-state index contributed by atoms with van der Waals surface area (Å²) in [6.45, 7) is 0. The van der Waals surface area contributed by atoms with Crippen LogP contribution in [0.25, 0.3) is 27.0 Å². The van der Waals surface area contributed by atoms with E-state index in [0.29, 0.717) is 22.3 Å². The van der Waals surface area contributed by atoms with Crippen molar-refractivity contribution >= 4 is 21.6 Å². The molecule has 0 unspecified atom stereocenters. The highest BCUT2D eigenvalue weighted by atomic mass is 32.1. The van der Waals surface area contributed by atoms with Crippen molar-refractivity contribution in [2.24, 2.45) is 0 Å². The molecule has 0 amide bonds. The number of aromatic nitrogens is 3. The number of hydrogen-bond donors (Lipinski definition) is 0. The second-order valence-corrected chi connectivity index (χ2v) is 6.48. The van der Waals surface area contributed by atoms with Crippen LogP contribution in [0.4, 0.5) is 13.2 Å². The number of nitrogens with zero attached hydrogens (tertiary/aromatic N) is 3. The molecule has 3 heterocycles. The number of fused-ring (bicyclic) bond motifs is 1. The average molecular weight is 373 g/mol. The van der Waals surface area contributed by atoms with Crippen molar-refractivity contribution in [1.82, 2.24) is 13.9 Å². The van der Waals surface area contributed by atoms with Crippen molar-refractivity contribution in [3.8, 4) is 16.9 Å². The molecule has 0 atom stereocenters. The number of halogens is 3. The second kappa shape index (κ2) is 6.06. The molecule has 26 heavy (non-hydrogen) atoms. The highest BCUT2D eigenvalue weighted by Crippen LogP contribution is 2.31. The smallest absolute Gasteiger partial charge is 0.267 e. The Morgan fingerprint density at radius 3 is 2.46 bits per heavy atom. The van der Waals surface area contributed by atoms with Crippen molar-refractivity contribution in [1.29, 1.82) is 0 Å². The maximum atomic E-state index is 12.7. The second-order valence-electron chi connectivity index (χ2n) is 5.49. The summed E-state index contributed by atoms with van der Waals surface area (Å²) < 4.78 is 40.4. The van der Waals surface area contributed by atoms with Crippen molar-refractivity contribution in [2.75, 3.05) is 0 Å². The van der Waals surface area contributed by atoms with Gasteiger partial charge >= 0.3 is 6.18 Å². The van der Waals surface area contributed by atoms with Gasteiger partial charge in [-0.15, -0.1) is 0 Å². The van der Waals surface area contributed by atoms with Crippen molar-refractivity contribution < 1.29 is 13.2 Å². The number of benzene rings is 1. The monoisotopic (exact) mass is 373 g/mol. The summed E-state index contributed by atoms with van der Waals surface area (Å²) in [5.74, 6) is 0.361. The molecular formula is C18H10F3N3OS. The molecule has 1 aromatic carbocycles. The van der Waals surface area contributed by atoms with Gasteiger partial charge < -0.3 is 0 Å². The van der Waals surface area contributed by atoms with Gasteiger partial charge in [-0.05, 0) is 41.9 Å². The first-order chi connectivity index (χ1) is 12.4. The van der Waals surface area contributed by atoms with Gasteiger partial charge in [-0.3, -0.25) is 9.78 Å². The van der Waals surface area contributed by atoms with Crippen LogP contribution >= 0.6 is 11.5 Å². The lowest BCUT2D eigenvalue weighted by molar-refractivity contribution is -0.141. The van der Waals surface area contributed by atoms with E-state index < -0.39 is 11.9 Å². The predicted octanol–water partition coefficient (Wildman–Crippen LogP) is 4.53. The van der Waals surface area contributed by atoms with E-state index in [-0.39, 0.29) is 5.56 Å². The fourth-order valence-corrected chi connectivity index (χ4v) is 3.62. The molecule has 0 saturated carbocycles. The van der Waals surface area contributed by atoms with Crippen LogP contribution in [0.1, 0.15) is 5.69 Å². The molecule has 3 aromatic heterocycles. The molecule has 0 radical (unpaired) electrons. The van der Waals surface area contributed by atoms with Crippen molar-refractivity contribution in [3.63, 3.8) is 0 Å². The Kier molecular flexibility index (Phi) is 3.84. The zero-order valence-corrected chi connectivity index (χ0v) is 13.9. The Balaban J connectivity index is 1.87. The molecule has 0 bridgehead atoms. The third-order valence-corrected chi connectivity index (χ3v) is 4.91. The minimum atomic E-state index is -4.50. The summed E-state index contributed by atoms with van der Waals surface area (Å²) in [4.78, 5) is 20.4. The summed E-state index contributed by atoms with van der Waals surface area (Å²) in [6, 6.07) is 12.8. The summed E-state index contributed by atoms with van der Waals surface area (Å²) >= 11 is 1.23. The van der Waals surface area contributed by atoms with E-state index in [1.54, 1.807) is 24.3 Å². The molecule has 4 nitrogen and oxygen atoms in total. The standard InChI is InChI=1S/C18H10F3N3OS/c19-18(20,21)15-8-7-11(10-23-15)12-5-3-9-22-16(12)24-17(25)13-4-1-2-6-14(13)26-24/h1-10H. The van der Waals surface area contributed by atoms with E-state index in [4.69, 9.17) is 0 Å². The largest absolute Gasteiger partial charge is 0.433 e. The van der Waals surface area contributed by atoms with Crippen molar-refractivity contribution in [3.05, 3.63) is 77.0 Å². The van der Waals surface area contributed by atoms with Crippen LogP contribution in [0.15, 0.2) is 65.7 Å². The Labute approximate surface area is 149 Å². The summed E-state index contributed by atoms with van der Waals surface area (Å²) in [5, 5.41) is 0.569. The number of alkyl halides is 3. The van der Waals surface area contributed by atoms with E-state index >= 15 is 0 Å². The van der Waals surface area contributed by atoms with Gasteiger partial charge in [-0.25, -0.2) is 8.94 Å². The van der Waals surface area contributed by atoms with Gasteiger partial charge in [0.1, 0.15) is 5.69 Å². The maximum Gasteiger partial charge on any atom is 0.433 e. The Hall–Kier alpha value is -3.00. The number of pyridine rings is 2. The molecule has 8 heteroatoms. The van der Waals surface area contributed by atoms with Gasteiger partial charge in [-0.2, -0.15) is 13.2 Å². The quantitative estimate of drug-likeness (QED) is 0.519. The van der Waals surface area contributed by atoms with E-state index in [0.717, 1.165) is 17.0 Å². The fourth-order valence-electron chi connectivity index (χ4n) is 2.62. The molecule has 4 rings (SSSR count). The molecule has 0 aliphatic carbocycles. The Morgan fingerprint density at radius 1 is 0.962 bits per heavy atom. The summed E-state index contributed by atoms with van der Waals surface area (Å²) in [7, 11) is 0. The minimum Gasteiger partial charge on any atom is -0.267 e. The molecular weight excluding hydrogens is 363 g/mol. The highest BCUT2D eigenvalue weighted by Gasteiger charge is 2.32. The van der Waals surface area contributed by atoms with Gasteiger partial charge in [0.25, 0.3) is 5.56 Å². The molecule has 0 aliphatic rings. The lowest BCUT2D eigenvalue weighted by atomic mass is 10.1. The van der Waals surface area contributed by atoms with Crippen LogP contribution < -0.4 is 5.56 Å². The SMILES string of the molecule is O=c1c2ccccc2sn1-c1ncccc1-c1ccc(C(F)(F)F)nc1. The van der Waals surface area contributed by atoms with Crippen LogP contribution in [-0.2, 0) is 6.18 Å². The zero-order valence-electron chi connectivity index (χ0n) is 13.1. The lowest BCUT2D eigenvalue weighted by Crippen LogP contribution is -2.13. The van der Waals surface area contributed by atoms with Gasteiger partial charge in [0.15, 0.2) is 5.82 Å². The Bertz CT molecular complexity index is 1150. The van der Waals surface area contributed by atoms with Gasteiger partial charge in [0, 0.05) is 23.5 Å². The Morgan fingerprint density at radius 2 is 1.77 bits per heavy atom. The van der Waals surface area contributed by atoms with Gasteiger partial charge in [-0.1, -0.05) is 18.2 Å². The molecule has 0 spiro atoms. The highest BCUT2D eigenvalue weighted by molar-refractivity contribution is 7.14. The molecule has 130 valence electrons. The third kappa shape index (κ3) is 2.78. The molecule has 0 aliphatic heterocycles. The maximum absolute atomic E-state index is 12.7. The van der Waals surface area contributed by atoms with Crippen molar-refractivity contribution in [2.45, 2.75) is 6.18 Å². The van der Waals surface area contributed by atoms with Crippen LogP contribution in [0.5, 0.6) is 0 Å². The summed E-state index contributed by atoms with van der Waals surface area (Å²) in [5.41, 5.74) is -0.205. The van der Waals surface area contributed by atoms with E-state index in [1.165, 1.54) is 27.8 Å². The molecule has 4 aromatic rings. The first-order valence-corrected chi connectivity index (χ1v) is 8.32. The number of hydrogen-bond acceptors (Lipinski definition) is 4. The zero-order chi connectivity index (χ0) is 18.3. The van der Waals surface area contributed by atoms with Gasteiger partial charge in [0.2, 0.25) is 0 Å². The molecule has 0 N–H and O–H groups in total. The predicted molar refractivity (Wildman–Crippen MR) is 93.5 cm³/mol. The van der Waals surface area contributed by atoms with Crippen LogP contribution in [0.3, 0.4) is 0 Å². The van der Waals surface area contributed by atoms with Crippen LogP contribution in [0.2, 0.25) is 0 Å². The average Bonchev–Trinajstić information content (AvgIpc) is 2.98. The first kappa shape index (κ1) is 16.5. The van der Waals surface area contributed by atoms with Crippen LogP contribution in [0, 0.1) is 0 Å².